The summed E-state index contributed by atoms with van der Waals surface area (Å²) in [7, 11) is 1.59. The maximum Gasteiger partial charge on any atom is 0.255 e. The van der Waals surface area contributed by atoms with Crippen LogP contribution in [0.4, 0.5) is 0 Å². The maximum absolute atomic E-state index is 11.5. The smallest absolute Gasteiger partial charge is 0.255 e. The molecule has 1 saturated heterocycles. The highest BCUT2D eigenvalue weighted by Gasteiger charge is 2.26. The summed E-state index contributed by atoms with van der Waals surface area (Å²) in [5.74, 6) is 0.155. The van der Waals surface area contributed by atoms with E-state index in [9.17, 15) is 9.59 Å². The van der Waals surface area contributed by atoms with Gasteiger partial charge in [0, 0.05) is 0 Å². The lowest BCUT2D eigenvalue weighted by Gasteiger charge is -2.24. The second kappa shape index (κ2) is 4.97. The topological polar surface area (TPSA) is 55.8 Å². The van der Waals surface area contributed by atoms with Crippen LogP contribution in [0.3, 0.4) is 0 Å². The fourth-order valence-electron chi connectivity index (χ4n) is 1.61. The number of rotatable bonds is 3. The minimum Gasteiger partial charge on any atom is -0.497 e. The van der Waals surface area contributed by atoms with Gasteiger partial charge in [-0.15, -0.1) is 0 Å². The number of benzene rings is 1. The second-order valence-electron chi connectivity index (χ2n) is 3.71. The molecule has 0 atom stereocenters. The molecular formula is C12H13NO4. The fraction of sp³-hybridized carbons (Fsp3) is 0.333. The van der Waals surface area contributed by atoms with Crippen molar-refractivity contribution in [2.24, 2.45) is 0 Å². The molecule has 5 heteroatoms. The Balaban J connectivity index is 2.08. The van der Waals surface area contributed by atoms with Crippen LogP contribution in [0.1, 0.15) is 5.56 Å². The third-order valence-corrected chi connectivity index (χ3v) is 2.55. The SMILES string of the molecule is COc1ccc(CN2C(=O)COCC2=O)cc1. The van der Waals surface area contributed by atoms with E-state index in [-0.39, 0.29) is 31.6 Å². The third-order valence-electron chi connectivity index (χ3n) is 2.55. The summed E-state index contributed by atoms with van der Waals surface area (Å²) in [6.45, 7) is 0.231. The van der Waals surface area contributed by atoms with E-state index >= 15 is 0 Å². The van der Waals surface area contributed by atoms with Gasteiger partial charge in [0.25, 0.3) is 11.8 Å². The zero-order valence-corrected chi connectivity index (χ0v) is 9.51. The molecule has 2 amide bonds. The van der Waals surface area contributed by atoms with Crippen LogP contribution >= 0.6 is 0 Å². The van der Waals surface area contributed by atoms with Gasteiger partial charge < -0.3 is 9.47 Å². The van der Waals surface area contributed by atoms with Crippen molar-refractivity contribution in [2.75, 3.05) is 20.3 Å². The molecule has 0 radical (unpaired) electrons. The van der Waals surface area contributed by atoms with Crippen LogP contribution in [-0.4, -0.2) is 37.0 Å². The number of methoxy groups -OCH3 is 1. The molecule has 0 aromatic heterocycles. The Hall–Kier alpha value is -1.88. The van der Waals surface area contributed by atoms with Crippen LogP contribution in [0, 0.1) is 0 Å². The van der Waals surface area contributed by atoms with Crippen LogP contribution in [0.5, 0.6) is 5.75 Å². The maximum atomic E-state index is 11.5. The van der Waals surface area contributed by atoms with Gasteiger partial charge in [0.05, 0.1) is 13.7 Å². The molecule has 90 valence electrons. The molecule has 0 N–H and O–H groups in total. The number of carbonyl (C=O) groups excluding carboxylic acids is 2. The molecule has 1 aliphatic heterocycles. The number of nitrogens with zero attached hydrogens (tertiary/aromatic N) is 1. The van der Waals surface area contributed by atoms with Crippen molar-refractivity contribution in [1.82, 2.24) is 4.90 Å². The first-order valence-electron chi connectivity index (χ1n) is 5.24. The molecule has 1 fully saturated rings. The van der Waals surface area contributed by atoms with Crippen LogP contribution in [0.15, 0.2) is 24.3 Å². The van der Waals surface area contributed by atoms with E-state index in [0.717, 1.165) is 11.3 Å². The Labute approximate surface area is 98.9 Å². The number of carbonyl (C=O) groups is 2. The lowest BCUT2D eigenvalue weighted by atomic mass is 10.2. The number of morpholine rings is 1. The molecule has 17 heavy (non-hydrogen) atoms. The highest BCUT2D eigenvalue weighted by atomic mass is 16.5. The van der Waals surface area contributed by atoms with Crippen molar-refractivity contribution >= 4 is 11.8 Å². The van der Waals surface area contributed by atoms with Crippen LogP contribution in [0.25, 0.3) is 0 Å². The Kier molecular flexibility index (Phi) is 3.39. The van der Waals surface area contributed by atoms with Crippen molar-refractivity contribution < 1.29 is 19.1 Å². The predicted octanol–water partition coefficient (Wildman–Crippen LogP) is 0.581. The normalized spacial score (nSPS) is 16.2. The zero-order chi connectivity index (χ0) is 12.3. The van der Waals surface area contributed by atoms with Gasteiger partial charge in [-0.05, 0) is 17.7 Å². The number of ether oxygens (including phenoxy) is 2. The van der Waals surface area contributed by atoms with Crippen molar-refractivity contribution in [3.05, 3.63) is 29.8 Å². The van der Waals surface area contributed by atoms with Gasteiger partial charge >= 0.3 is 0 Å². The molecular weight excluding hydrogens is 222 g/mol. The van der Waals surface area contributed by atoms with Gasteiger partial charge in [0.15, 0.2) is 0 Å². The Morgan fingerprint density at radius 2 is 1.76 bits per heavy atom. The Bertz CT molecular complexity index is 411. The van der Waals surface area contributed by atoms with Crippen molar-refractivity contribution in [3.8, 4) is 5.75 Å². The van der Waals surface area contributed by atoms with E-state index < -0.39 is 0 Å². The lowest BCUT2D eigenvalue weighted by molar-refractivity contribution is -0.159. The average Bonchev–Trinajstić information content (AvgIpc) is 2.35. The van der Waals surface area contributed by atoms with E-state index in [1.807, 2.05) is 12.1 Å². The molecule has 0 saturated carbocycles. The average molecular weight is 235 g/mol. The molecule has 1 heterocycles. The number of imide groups is 1. The van der Waals surface area contributed by atoms with Crippen LogP contribution < -0.4 is 4.74 Å². The molecule has 2 rings (SSSR count). The third kappa shape index (κ3) is 2.62. The monoisotopic (exact) mass is 235 g/mol. The molecule has 0 spiro atoms. The molecule has 0 bridgehead atoms. The summed E-state index contributed by atoms with van der Waals surface area (Å²) in [6.07, 6.45) is 0. The van der Waals surface area contributed by atoms with E-state index in [4.69, 9.17) is 9.47 Å². The van der Waals surface area contributed by atoms with E-state index in [2.05, 4.69) is 0 Å². The number of hydrogen-bond acceptors (Lipinski definition) is 4. The predicted molar refractivity (Wildman–Crippen MR) is 59.4 cm³/mol. The van der Waals surface area contributed by atoms with Gasteiger partial charge in [-0.2, -0.15) is 0 Å². The zero-order valence-electron chi connectivity index (χ0n) is 9.51. The summed E-state index contributed by atoms with van der Waals surface area (Å²) in [4.78, 5) is 24.2. The summed E-state index contributed by atoms with van der Waals surface area (Å²) >= 11 is 0. The highest BCUT2D eigenvalue weighted by Crippen LogP contribution is 2.14. The molecule has 1 aromatic rings. The van der Waals surface area contributed by atoms with Gasteiger partial charge in [-0.1, -0.05) is 12.1 Å². The molecule has 1 aliphatic rings. The minimum absolute atomic E-state index is 0.0259. The summed E-state index contributed by atoms with van der Waals surface area (Å²) in [6, 6.07) is 7.25. The summed E-state index contributed by atoms with van der Waals surface area (Å²) in [5.41, 5.74) is 0.884. The van der Waals surface area contributed by atoms with Gasteiger partial charge in [0.1, 0.15) is 19.0 Å². The molecule has 5 nitrogen and oxygen atoms in total. The lowest BCUT2D eigenvalue weighted by Crippen LogP contribution is -2.45. The summed E-state index contributed by atoms with van der Waals surface area (Å²) < 4.78 is 9.87. The molecule has 1 aromatic carbocycles. The highest BCUT2D eigenvalue weighted by molar-refractivity contribution is 5.98. The van der Waals surface area contributed by atoms with Crippen molar-refractivity contribution in [2.45, 2.75) is 6.54 Å². The molecule has 0 unspecified atom stereocenters. The Morgan fingerprint density at radius 1 is 1.18 bits per heavy atom. The first kappa shape index (κ1) is 11.6. The largest absolute Gasteiger partial charge is 0.497 e. The standard InChI is InChI=1S/C12H13NO4/c1-16-10-4-2-9(3-5-10)6-13-11(14)7-17-8-12(13)15/h2-5H,6-8H2,1H3. The van der Waals surface area contributed by atoms with E-state index in [1.54, 1.807) is 19.2 Å². The number of hydrogen-bond donors (Lipinski definition) is 0. The van der Waals surface area contributed by atoms with Gasteiger partial charge in [0.2, 0.25) is 0 Å². The van der Waals surface area contributed by atoms with Gasteiger partial charge in [-0.25, -0.2) is 0 Å². The second-order valence-corrected chi connectivity index (χ2v) is 3.71. The first-order valence-corrected chi connectivity index (χ1v) is 5.24. The minimum atomic E-state index is -0.294. The molecule has 0 aliphatic carbocycles. The summed E-state index contributed by atoms with van der Waals surface area (Å²) in [5, 5.41) is 0. The number of amides is 2. The quantitative estimate of drug-likeness (QED) is 0.719. The fourth-order valence-corrected chi connectivity index (χ4v) is 1.61. The van der Waals surface area contributed by atoms with Crippen molar-refractivity contribution in [3.63, 3.8) is 0 Å². The van der Waals surface area contributed by atoms with Crippen molar-refractivity contribution in [1.29, 1.82) is 0 Å². The van der Waals surface area contributed by atoms with E-state index in [1.165, 1.54) is 4.90 Å². The van der Waals surface area contributed by atoms with E-state index in [0.29, 0.717) is 0 Å². The first-order chi connectivity index (χ1) is 8.20. The Morgan fingerprint density at radius 3 is 2.29 bits per heavy atom. The van der Waals surface area contributed by atoms with Crippen LogP contribution in [0.2, 0.25) is 0 Å². The van der Waals surface area contributed by atoms with Gasteiger partial charge in [-0.3, -0.25) is 14.5 Å². The van der Waals surface area contributed by atoms with Crippen LogP contribution in [-0.2, 0) is 20.9 Å².